The highest BCUT2D eigenvalue weighted by Crippen LogP contribution is 2.07. The number of halogens is 3. The zero-order valence-corrected chi connectivity index (χ0v) is 9.50. The second kappa shape index (κ2) is 5.38. The molecule has 0 unspecified atom stereocenters. The summed E-state index contributed by atoms with van der Waals surface area (Å²) in [6.45, 7) is 0. The van der Waals surface area contributed by atoms with Crippen molar-refractivity contribution in [1.29, 1.82) is 0 Å². The van der Waals surface area contributed by atoms with Crippen LogP contribution >= 0.6 is 0 Å². The molecule has 0 saturated heterocycles. The van der Waals surface area contributed by atoms with E-state index >= 15 is 0 Å². The fourth-order valence-corrected chi connectivity index (χ4v) is 1.39. The van der Waals surface area contributed by atoms with Crippen molar-refractivity contribution in [2.45, 2.75) is 0 Å². The largest absolute Gasteiger partial charge is 0.335 e. The minimum atomic E-state index is -1.63. The van der Waals surface area contributed by atoms with Gasteiger partial charge in [0.1, 0.15) is 6.20 Å². The molecule has 0 spiro atoms. The quantitative estimate of drug-likeness (QED) is 0.627. The standard InChI is InChI=1S/C9H7N.C3HF3N2O/c1-2-6-9-8(4-1)5-3-7-10-9;4-2-1-7(5)8(6)3(2)9/h1-7H;1H. The molecule has 2 aromatic heterocycles. The summed E-state index contributed by atoms with van der Waals surface area (Å²) in [5, 5.41) is 1.20. The molecular weight excluding hydrogens is 259 g/mol. The first kappa shape index (κ1) is 12.9. The van der Waals surface area contributed by atoms with E-state index in [1.807, 2.05) is 30.5 Å². The number of nitrogens with zero attached hydrogens (tertiary/aromatic N) is 3. The van der Waals surface area contributed by atoms with Crippen molar-refractivity contribution in [3.63, 3.8) is 0 Å². The lowest BCUT2D eigenvalue weighted by molar-refractivity contribution is 0.136. The Bertz CT molecular complexity index is 686. The van der Waals surface area contributed by atoms with Gasteiger partial charge in [0.25, 0.3) is 0 Å². The first-order valence-electron chi connectivity index (χ1n) is 5.22. The van der Waals surface area contributed by atoms with Crippen molar-refractivity contribution in [3.8, 4) is 0 Å². The van der Waals surface area contributed by atoms with E-state index in [1.54, 1.807) is 0 Å². The number of hydrogen-bond acceptors (Lipinski definition) is 2. The second-order valence-electron chi connectivity index (χ2n) is 3.53. The second-order valence-corrected chi connectivity index (χ2v) is 3.53. The Balaban J connectivity index is 0.000000141. The smallest absolute Gasteiger partial charge is 0.262 e. The molecule has 0 atom stereocenters. The van der Waals surface area contributed by atoms with Crippen LogP contribution in [0.3, 0.4) is 0 Å². The van der Waals surface area contributed by atoms with E-state index in [9.17, 15) is 18.1 Å². The van der Waals surface area contributed by atoms with Gasteiger partial charge in [-0.2, -0.15) is 4.39 Å². The van der Waals surface area contributed by atoms with Crippen molar-refractivity contribution >= 4 is 10.9 Å². The Morgan fingerprint density at radius 3 is 2.26 bits per heavy atom. The average molecular weight is 267 g/mol. The molecule has 0 bridgehead atoms. The van der Waals surface area contributed by atoms with Gasteiger partial charge in [0.05, 0.1) is 5.52 Å². The number of fused-ring (bicyclic) bond motifs is 1. The Hall–Kier alpha value is -2.57. The third-order valence-corrected chi connectivity index (χ3v) is 2.27. The molecule has 0 aliphatic heterocycles. The van der Waals surface area contributed by atoms with Crippen LogP contribution in [0, 0.1) is 5.82 Å². The summed E-state index contributed by atoms with van der Waals surface area (Å²) in [4.78, 5) is 12.4. The number of pyridine rings is 1. The van der Waals surface area contributed by atoms with Crippen molar-refractivity contribution in [1.82, 2.24) is 14.8 Å². The predicted molar refractivity (Wildman–Crippen MR) is 63.4 cm³/mol. The zero-order valence-electron chi connectivity index (χ0n) is 9.50. The molecule has 1 aromatic carbocycles. The minimum Gasteiger partial charge on any atom is -0.262 e. The van der Waals surface area contributed by atoms with Crippen LogP contribution in [0.25, 0.3) is 10.9 Å². The van der Waals surface area contributed by atoms with Crippen LogP contribution < -0.4 is 5.56 Å². The SMILES string of the molecule is O=c1c(F)cn(F)n1F.c1ccc2ncccc2c1. The molecule has 3 aromatic rings. The van der Waals surface area contributed by atoms with Crippen LogP contribution in [0.15, 0.2) is 53.6 Å². The van der Waals surface area contributed by atoms with Gasteiger partial charge in [0.15, 0.2) is 0 Å². The van der Waals surface area contributed by atoms with Crippen LogP contribution in [0.5, 0.6) is 0 Å². The first-order valence-corrected chi connectivity index (χ1v) is 5.22. The molecule has 7 heteroatoms. The van der Waals surface area contributed by atoms with Gasteiger partial charge >= 0.3 is 5.56 Å². The van der Waals surface area contributed by atoms with Gasteiger partial charge in [-0.25, -0.2) is 0 Å². The molecule has 0 N–H and O–H groups in total. The molecule has 0 aliphatic rings. The number of benzene rings is 1. The van der Waals surface area contributed by atoms with E-state index in [1.165, 1.54) is 5.39 Å². The molecule has 3 rings (SSSR count). The fraction of sp³-hybridized carbons (Fsp3) is 0. The lowest BCUT2D eigenvalue weighted by Gasteiger charge is -1.91. The summed E-state index contributed by atoms with van der Waals surface area (Å²) in [7, 11) is 0. The monoisotopic (exact) mass is 267 g/mol. The molecule has 98 valence electrons. The zero-order chi connectivity index (χ0) is 13.8. The maximum atomic E-state index is 11.8. The van der Waals surface area contributed by atoms with Gasteiger partial charge in [-0.3, -0.25) is 9.78 Å². The lowest BCUT2D eigenvalue weighted by atomic mass is 10.2. The normalized spacial score (nSPS) is 10.1. The number of hydrogen-bond donors (Lipinski definition) is 0. The number of aromatic nitrogens is 3. The van der Waals surface area contributed by atoms with Crippen molar-refractivity contribution in [2.24, 2.45) is 0 Å². The number of rotatable bonds is 0. The highest BCUT2D eigenvalue weighted by atomic mass is 19.2. The van der Waals surface area contributed by atoms with E-state index < -0.39 is 21.2 Å². The lowest BCUT2D eigenvalue weighted by Crippen LogP contribution is -2.13. The van der Waals surface area contributed by atoms with Gasteiger partial charge in [-0.1, -0.05) is 38.1 Å². The third-order valence-electron chi connectivity index (χ3n) is 2.27. The summed E-state index contributed by atoms with van der Waals surface area (Å²) in [5.74, 6) is -1.46. The van der Waals surface area contributed by atoms with Gasteiger partial charge < -0.3 is 0 Å². The number of para-hydroxylation sites is 1. The van der Waals surface area contributed by atoms with Crippen LogP contribution in [0.1, 0.15) is 0 Å². The molecule has 4 nitrogen and oxygen atoms in total. The van der Waals surface area contributed by atoms with E-state index in [2.05, 4.69) is 17.1 Å². The summed E-state index contributed by atoms with van der Waals surface area (Å²) >= 11 is 0. The molecule has 0 saturated carbocycles. The summed E-state index contributed by atoms with van der Waals surface area (Å²) in [5.41, 5.74) is -0.567. The maximum Gasteiger partial charge on any atom is 0.335 e. The van der Waals surface area contributed by atoms with Crippen molar-refractivity contribution in [3.05, 3.63) is 65.0 Å². The molecule has 0 aliphatic carbocycles. The van der Waals surface area contributed by atoms with E-state index in [0.717, 1.165) is 5.52 Å². The fourth-order valence-electron chi connectivity index (χ4n) is 1.39. The Kier molecular flexibility index (Phi) is 3.65. The van der Waals surface area contributed by atoms with Crippen LogP contribution in [-0.2, 0) is 0 Å². The molecule has 0 fully saturated rings. The van der Waals surface area contributed by atoms with E-state index in [0.29, 0.717) is 0 Å². The van der Waals surface area contributed by atoms with Crippen molar-refractivity contribution in [2.75, 3.05) is 0 Å². The minimum absolute atomic E-state index is 0.0995. The topological polar surface area (TPSA) is 39.8 Å². The Morgan fingerprint density at radius 2 is 1.74 bits per heavy atom. The van der Waals surface area contributed by atoms with E-state index in [4.69, 9.17) is 0 Å². The Morgan fingerprint density at radius 1 is 1.05 bits per heavy atom. The third kappa shape index (κ3) is 2.82. The van der Waals surface area contributed by atoms with Gasteiger partial charge in [-0.05, 0) is 17.0 Å². The Labute approximate surface area is 105 Å². The van der Waals surface area contributed by atoms with Crippen molar-refractivity contribution < 1.29 is 13.4 Å². The van der Waals surface area contributed by atoms with Gasteiger partial charge in [-0.15, -0.1) is 0 Å². The molecule has 0 radical (unpaired) electrons. The maximum absolute atomic E-state index is 11.8. The van der Waals surface area contributed by atoms with Crippen LogP contribution in [0.4, 0.5) is 13.4 Å². The highest BCUT2D eigenvalue weighted by Gasteiger charge is 2.08. The van der Waals surface area contributed by atoms with Gasteiger partial charge in [0.2, 0.25) is 5.82 Å². The molecular formula is C12H8F3N3O. The molecule has 0 amide bonds. The summed E-state index contributed by atoms with van der Waals surface area (Å²) in [6, 6.07) is 12.1. The van der Waals surface area contributed by atoms with Crippen LogP contribution in [-0.4, -0.2) is 14.8 Å². The average Bonchev–Trinajstić information content (AvgIpc) is 2.66. The first-order chi connectivity index (χ1) is 9.09. The highest BCUT2D eigenvalue weighted by molar-refractivity contribution is 5.77. The summed E-state index contributed by atoms with van der Waals surface area (Å²) < 4.78 is 35.1. The van der Waals surface area contributed by atoms with E-state index in [-0.39, 0.29) is 6.20 Å². The molecule has 2 heterocycles. The summed E-state index contributed by atoms with van der Waals surface area (Å²) in [6.07, 6.45) is 1.91. The molecule has 19 heavy (non-hydrogen) atoms. The van der Waals surface area contributed by atoms with Gasteiger partial charge in [0, 0.05) is 11.6 Å². The van der Waals surface area contributed by atoms with Crippen LogP contribution in [0.2, 0.25) is 0 Å². The predicted octanol–water partition coefficient (Wildman–Crippen LogP) is 2.49.